The standard InChI is InChI=1S/C12H17N3O3S/c1-7-4-15(5-8(7)12(17)18)11(16)9-6-19-10(14-9)2-3-13/h6-8H,2-5,13H2,1H3,(H,17,18). The predicted octanol–water partition coefficient (Wildman–Crippen LogP) is 0.437. The SMILES string of the molecule is CC1CN(C(=O)c2csc(CCN)n2)CC1C(=O)O. The summed E-state index contributed by atoms with van der Waals surface area (Å²) in [4.78, 5) is 29.1. The summed E-state index contributed by atoms with van der Waals surface area (Å²) in [5.41, 5.74) is 5.84. The number of aliphatic carboxylic acids is 1. The van der Waals surface area contributed by atoms with Crippen LogP contribution in [0.25, 0.3) is 0 Å². The molecule has 2 unspecified atom stereocenters. The van der Waals surface area contributed by atoms with Crippen LogP contribution in [-0.2, 0) is 11.2 Å². The van der Waals surface area contributed by atoms with E-state index < -0.39 is 11.9 Å². The number of carboxylic acid groups (broad SMARTS) is 1. The van der Waals surface area contributed by atoms with Crippen molar-refractivity contribution in [3.8, 4) is 0 Å². The van der Waals surface area contributed by atoms with Crippen LogP contribution in [0.3, 0.4) is 0 Å². The molecule has 7 heteroatoms. The highest BCUT2D eigenvalue weighted by Crippen LogP contribution is 2.25. The Labute approximate surface area is 115 Å². The Bertz CT molecular complexity index is 488. The van der Waals surface area contributed by atoms with Crippen molar-refractivity contribution in [2.24, 2.45) is 17.6 Å². The summed E-state index contributed by atoms with van der Waals surface area (Å²) in [6.07, 6.45) is 0.659. The third kappa shape index (κ3) is 2.93. The summed E-state index contributed by atoms with van der Waals surface area (Å²) in [7, 11) is 0. The molecule has 0 spiro atoms. The first-order valence-corrected chi connectivity index (χ1v) is 7.07. The van der Waals surface area contributed by atoms with Crippen LogP contribution in [0, 0.1) is 11.8 Å². The van der Waals surface area contributed by atoms with Crippen molar-refractivity contribution in [3.63, 3.8) is 0 Å². The molecule has 1 fully saturated rings. The van der Waals surface area contributed by atoms with Crippen molar-refractivity contribution < 1.29 is 14.7 Å². The zero-order chi connectivity index (χ0) is 14.0. The highest BCUT2D eigenvalue weighted by Gasteiger charge is 2.37. The quantitative estimate of drug-likeness (QED) is 0.835. The monoisotopic (exact) mass is 283 g/mol. The molecule has 1 aromatic heterocycles. The first-order chi connectivity index (χ1) is 9.02. The smallest absolute Gasteiger partial charge is 0.308 e. The lowest BCUT2D eigenvalue weighted by atomic mass is 9.99. The number of rotatable bonds is 4. The molecule has 19 heavy (non-hydrogen) atoms. The van der Waals surface area contributed by atoms with E-state index in [0.717, 1.165) is 5.01 Å². The molecule has 104 valence electrons. The molecule has 2 heterocycles. The fourth-order valence-corrected chi connectivity index (χ4v) is 3.05. The summed E-state index contributed by atoms with van der Waals surface area (Å²) in [6, 6.07) is 0. The number of amides is 1. The number of aromatic nitrogens is 1. The number of likely N-dealkylation sites (tertiary alicyclic amines) is 1. The molecule has 1 aliphatic heterocycles. The van der Waals surface area contributed by atoms with Crippen molar-refractivity contribution in [2.45, 2.75) is 13.3 Å². The Balaban J connectivity index is 2.06. The van der Waals surface area contributed by atoms with Crippen LogP contribution in [0.5, 0.6) is 0 Å². The van der Waals surface area contributed by atoms with Gasteiger partial charge in [0.05, 0.1) is 10.9 Å². The zero-order valence-electron chi connectivity index (χ0n) is 10.7. The molecular formula is C12H17N3O3S. The number of thiazole rings is 1. The van der Waals surface area contributed by atoms with E-state index in [0.29, 0.717) is 25.2 Å². The van der Waals surface area contributed by atoms with E-state index in [1.807, 2.05) is 6.92 Å². The van der Waals surface area contributed by atoms with Crippen LogP contribution in [0.15, 0.2) is 5.38 Å². The Morgan fingerprint density at radius 3 is 2.89 bits per heavy atom. The number of hydrogen-bond acceptors (Lipinski definition) is 5. The third-order valence-electron chi connectivity index (χ3n) is 3.35. The maximum absolute atomic E-state index is 12.2. The van der Waals surface area contributed by atoms with Crippen LogP contribution in [0.2, 0.25) is 0 Å². The molecule has 0 aliphatic carbocycles. The lowest BCUT2D eigenvalue weighted by Crippen LogP contribution is -2.30. The van der Waals surface area contributed by atoms with Gasteiger partial charge in [0.1, 0.15) is 5.69 Å². The minimum Gasteiger partial charge on any atom is -0.481 e. The fraction of sp³-hybridized carbons (Fsp3) is 0.583. The minimum atomic E-state index is -0.843. The summed E-state index contributed by atoms with van der Waals surface area (Å²) >= 11 is 1.41. The molecule has 1 saturated heterocycles. The van der Waals surface area contributed by atoms with Gasteiger partial charge in [0.2, 0.25) is 0 Å². The van der Waals surface area contributed by atoms with Crippen LogP contribution in [0.4, 0.5) is 0 Å². The molecule has 0 bridgehead atoms. The Hall–Kier alpha value is -1.47. The van der Waals surface area contributed by atoms with Crippen LogP contribution < -0.4 is 5.73 Å². The minimum absolute atomic E-state index is 0.0244. The van der Waals surface area contributed by atoms with E-state index in [-0.39, 0.29) is 18.4 Å². The molecule has 0 saturated carbocycles. The molecule has 1 amide bonds. The molecular weight excluding hydrogens is 266 g/mol. The number of carbonyl (C=O) groups is 2. The first-order valence-electron chi connectivity index (χ1n) is 6.19. The summed E-state index contributed by atoms with van der Waals surface area (Å²) in [6.45, 7) is 3.09. The second kappa shape index (κ2) is 5.66. The van der Waals surface area contributed by atoms with E-state index in [1.165, 1.54) is 11.3 Å². The number of nitrogens with two attached hydrogens (primary N) is 1. The van der Waals surface area contributed by atoms with Gasteiger partial charge in [-0.15, -0.1) is 11.3 Å². The lowest BCUT2D eigenvalue weighted by molar-refractivity contribution is -0.142. The van der Waals surface area contributed by atoms with Gasteiger partial charge in [-0.25, -0.2) is 4.98 Å². The van der Waals surface area contributed by atoms with Gasteiger partial charge in [0, 0.05) is 24.9 Å². The van der Waals surface area contributed by atoms with Gasteiger partial charge in [-0.2, -0.15) is 0 Å². The van der Waals surface area contributed by atoms with E-state index in [1.54, 1.807) is 10.3 Å². The van der Waals surface area contributed by atoms with Gasteiger partial charge < -0.3 is 15.7 Å². The van der Waals surface area contributed by atoms with Gasteiger partial charge in [0.25, 0.3) is 5.91 Å². The van der Waals surface area contributed by atoms with Crippen molar-refractivity contribution in [3.05, 3.63) is 16.1 Å². The van der Waals surface area contributed by atoms with Crippen molar-refractivity contribution >= 4 is 23.2 Å². The predicted molar refractivity (Wildman–Crippen MR) is 71.1 cm³/mol. The summed E-state index contributed by atoms with van der Waals surface area (Å²) in [5, 5.41) is 11.6. The maximum Gasteiger partial charge on any atom is 0.308 e. The molecule has 1 aliphatic rings. The molecule has 0 aromatic carbocycles. The van der Waals surface area contributed by atoms with E-state index in [9.17, 15) is 9.59 Å². The van der Waals surface area contributed by atoms with E-state index in [4.69, 9.17) is 10.8 Å². The number of hydrogen-bond donors (Lipinski definition) is 2. The van der Waals surface area contributed by atoms with Gasteiger partial charge in [0.15, 0.2) is 0 Å². The second-order valence-electron chi connectivity index (χ2n) is 4.80. The van der Waals surface area contributed by atoms with Crippen molar-refractivity contribution in [1.82, 2.24) is 9.88 Å². The molecule has 2 atom stereocenters. The normalized spacial score (nSPS) is 22.7. The zero-order valence-corrected chi connectivity index (χ0v) is 11.5. The van der Waals surface area contributed by atoms with Gasteiger partial charge >= 0.3 is 5.97 Å². The fourth-order valence-electron chi connectivity index (χ4n) is 2.26. The number of nitrogens with zero attached hydrogens (tertiary/aromatic N) is 2. The Kier molecular flexibility index (Phi) is 4.16. The van der Waals surface area contributed by atoms with Crippen LogP contribution >= 0.6 is 11.3 Å². The molecule has 0 radical (unpaired) electrons. The lowest BCUT2D eigenvalue weighted by Gasteiger charge is -2.13. The first kappa shape index (κ1) is 14.0. The van der Waals surface area contributed by atoms with Gasteiger partial charge in [-0.3, -0.25) is 9.59 Å². The number of carbonyl (C=O) groups excluding carboxylic acids is 1. The highest BCUT2D eigenvalue weighted by molar-refractivity contribution is 7.09. The second-order valence-corrected chi connectivity index (χ2v) is 5.74. The van der Waals surface area contributed by atoms with Gasteiger partial charge in [-0.05, 0) is 12.5 Å². The maximum atomic E-state index is 12.2. The molecule has 2 rings (SSSR count). The van der Waals surface area contributed by atoms with E-state index in [2.05, 4.69) is 4.98 Å². The average Bonchev–Trinajstić information content (AvgIpc) is 2.95. The summed E-state index contributed by atoms with van der Waals surface area (Å²) < 4.78 is 0. The molecule has 3 N–H and O–H groups in total. The van der Waals surface area contributed by atoms with Crippen LogP contribution in [0.1, 0.15) is 22.4 Å². The average molecular weight is 283 g/mol. The summed E-state index contributed by atoms with van der Waals surface area (Å²) in [5.74, 6) is -1.53. The van der Waals surface area contributed by atoms with Crippen molar-refractivity contribution in [2.75, 3.05) is 19.6 Å². The van der Waals surface area contributed by atoms with Crippen molar-refractivity contribution in [1.29, 1.82) is 0 Å². The van der Waals surface area contributed by atoms with E-state index >= 15 is 0 Å². The Morgan fingerprint density at radius 2 is 2.32 bits per heavy atom. The number of carboxylic acids is 1. The van der Waals surface area contributed by atoms with Gasteiger partial charge in [-0.1, -0.05) is 6.92 Å². The molecule has 1 aromatic rings. The topological polar surface area (TPSA) is 96.5 Å². The highest BCUT2D eigenvalue weighted by atomic mass is 32.1. The molecule has 6 nitrogen and oxygen atoms in total. The third-order valence-corrected chi connectivity index (χ3v) is 4.25. The van der Waals surface area contributed by atoms with Crippen LogP contribution in [-0.4, -0.2) is 46.5 Å². The Morgan fingerprint density at radius 1 is 1.58 bits per heavy atom. The largest absolute Gasteiger partial charge is 0.481 e.